The van der Waals surface area contributed by atoms with Gasteiger partial charge in [0.15, 0.2) is 0 Å². The molecule has 3 rings (SSSR count). The van der Waals surface area contributed by atoms with Crippen molar-refractivity contribution >= 4 is 29.2 Å². The van der Waals surface area contributed by atoms with Crippen molar-refractivity contribution in [1.82, 2.24) is 9.80 Å². The largest absolute Gasteiger partial charge is 0.378 e. The first kappa shape index (κ1) is 18.0. The van der Waals surface area contributed by atoms with Crippen LogP contribution >= 0.6 is 11.6 Å². The molecule has 0 saturated carbocycles. The number of hydrogen-bond acceptors (Lipinski definition) is 3. The minimum atomic E-state index is -0.164. The Hall–Kier alpha value is -1.79. The smallest absolute Gasteiger partial charge is 0.321 e. The molecular formula is C18H24ClN3O3. The molecule has 0 spiro atoms. The Morgan fingerprint density at radius 2 is 1.80 bits per heavy atom. The fraction of sp³-hybridized carbons (Fsp3) is 0.556. The molecular weight excluding hydrogens is 342 g/mol. The van der Waals surface area contributed by atoms with Crippen molar-refractivity contribution in [2.75, 3.05) is 44.7 Å². The Labute approximate surface area is 153 Å². The average molecular weight is 366 g/mol. The summed E-state index contributed by atoms with van der Waals surface area (Å²) in [5.41, 5.74) is 1.66. The van der Waals surface area contributed by atoms with Crippen LogP contribution in [0.4, 0.5) is 10.5 Å². The van der Waals surface area contributed by atoms with E-state index in [1.807, 2.05) is 30.0 Å². The third kappa shape index (κ3) is 4.44. The predicted octanol–water partition coefficient (Wildman–Crippen LogP) is 2.75. The Balaban J connectivity index is 1.51. The standard InChI is InChI=1S/C18H24ClN3O3/c1-13-2-3-16(15(19)12-13)20-18(24)22-6-4-14(5-7-22)17(23)21-8-10-25-11-9-21/h2-3,12,14H,4-11H2,1H3,(H,20,24). The number of anilines is 1. The first-order valence-corrected chi connectivity index (χ1v) is 9.11. The van der Waals surface area contributed by atoms with Gasteiger partial charge in [-0.15, -0.1) is 0 Å². The number of ether oxygens (including phenoxy) is 1. The van der Waals surface area contributed by atoms with Gasteiger partial charge in [-0.25, -0.2) is 4.79 Å². The number of aryl methyl sites for hydroxylation is 1. The second kappa shape index (κ2) is 8.06. The van der Waals surface area contributed by atoms with Crippen LogP contribution in [-0.2, 0) is 9.53 Å². The molecule has 0 aromatic heterocycles. The SMILES string of the molecule is Cc1ccc(NC(=O)N2CCC(C(=O)N3CCOCC3)CC2)c(Cl)c1. The third-order valence-corrected chi connectivity index (χ3v) is 5.13. The summed E-state index contributed by atoms with van der Waals surface area (Å²) in [7, 11) is 0. The molecule has 136 valence electrons. The van der Waals surface area contributed by atoms with E-state index in [1.165, 1.54) is 0 Å². The maximum absolute atomic E-state index is 12.5. The van der Waals surface area contributed by atoms with Crippen molar-refractivity contribution in [1.29, 1.82) is 0 Å². The Bertz CT molecular complexity index is 638. The highest BCUT2D eigenvalue weighted by Crippen LogP contribution is 2.25. The lowest BCUT2D eigenvalue weighted by Crippen LogP contribution is -2.48. The summed E-state index contributed by atoms with van der Waals surface area (Å²) >= 11 is 6.17. The number of hydrogen-bond donors (Lipinski definition) is 1. The summed E-state index contributed by atoms with van der Waals surface area (Å²) in [6.07, 6.45) is 1.40. The number of nitrogens with zero attached hydrogens (tertiary/aromatic N) is 2. The highest BCUT2D eigenvalue weighted by molar-refractivity contribution is 6.33. The Kier molecular flexibility index (Phi) is 5.81. The van der Waals surface area contributed by atoms with E-state index in [0.717, 1.165) is 5.56 Å². The summed E-state index contributed by atoms with van der Waals surface area (Å²) in [6, 6.07) is 5.38. The second-order valence-electron chi connectivity index (χ2n) is 6.61. The van der Waals surface area contributed by atoms with Crippen LogP contribution in [0.5, 0.6) is 0 Å². The van der Waals surface area contributed by atoms with Gasteiger partial charge < -0.3 is 19.9 Å². The first-order valence-electron chi connectivity index (χ1n) is 8.73. The molecule has 2 aliphatic heterocycles. The Morgan fingerprint density at radius 3 is 2.44 bits per heavy atom. The first-order chi connectivity index (χ1) is 12.0. The van der Waals surface area contributed by atoms with Crippen molar-refractivity contribution in [3.05, 3.63) is 28.8 Å². The van der Waals surface area contributed by atoms with Crippen LogP contribution in [0.15, 0.2) is 18.2 Å². The van der Waals surface area contributed by atoms with Crippen LogP contribution in [0, 0.1) is 12.8 Å². The number of piperidine rings is 1. The monoisotopic (exact) mass is 365 g/mol. The fourth-order valence-corrected chi connectivity index (χ4v) is 3.57. The summed E-state index contributed by atoms with van der Waals surface area (Å²) in [6.45, 7) is 5.69. The van der Waals surface area contributed by atoms with Crippen molar-refractivity contribution in [3.8, 4) is 0 Å². The van der Waals surface area contributed by atoms with Gasteiger partial charge in [0.2, 0.25) is 5.91 Å². The van der Waals surface area contributed by atoms with Gasteiger partial charge in [0.05, 0.1) is 23.9 Å². The van der Waals surface area contributed by atoms with E-state index < -0.39 is 0 Å². The minimum Gasteiger partial charge on any atom is -0.378 e. The van der Waals surface area contributed by atoms with Crippen LogP contribution in [0.1, 0.15) is 18.4 Å². The summed E-state index contributed by atoms with van der Waals surface area (Å²) in [5, 5.41) is 3.39. The normalized spacial score (nSPS) is 19.0. The van der Waals surface area contributed by atoms with E-state index in [-0.39, 0.29) is 17.9 Å². The zero-order valence-corrected chi connectivity index (χ0v) is 15.2. The number of halogens is 1. The molecule has 0 bridgehead atoms. The van der Waals surface area contributed by atoms with Gasteiger partial charge in [0.1, 0.15) is 0 Å². The van der Waals surface area contributed by atoms with Gasteiger partial charge >= 0.3 is 6.03 Å². The van der Waals surface area contributed by atoms with Crippen LogP contribution in [0.3, 0.4) is 0 Å². The number of rotatable bonds is 2. The average Bonchev–Trinajstić information content (AvgIpc) is 2.64. The molecule has 6 nitrogen and oxygen atoms in total. The molecule has 2 fully saturated rings. The zero-order chi connectivity index (χ0) is 17.8. The van der Waals surface area contributed by atoms with Crippen LogP contribution in [0.2, 0.25) is 5.02 Å². The van der Waals surface area contributed by atoms with E-state index >= 15 is 0 Å². The number of amides is 3. The lowest BCUT2D eigenvalue weighted by atomic mass is 9.95. The van der Waals surface area contributed by atoms with Crippen LogP contribution < -0.4 is 5.32 Å². The van der Waals surface area contributed by atoms with Gasteiger partial charge in [-0.1, -0.05) is 17.7 Å². The molecule has 0 radical (unpaired) electrons. The van der Waals surface area contributed by atoms with Gasteiger partial charge in [-0.3, -0.25) is 4.79 Å². The van der Waals surface area contributed by atoms with E-state index in [9.17, 15) is 9.59 Å². The fourth-order valence-electron chi connectivity index (χ4n) is 3.29. The van der Waals surface area contributed by atoms with Gasteiger partial charge in [0, 0.05) is 32.1 Å². The lowest BCUT2D eigenvalue weighted by Gasteiger charge is -2.35. The molecule has 1 N–H and O–H groups in total. The van der Waals surface area contributed by atoms with Crippen molar-refractivity contribution < 1.29 is 14.3 Å². The molecule has 25 heavy (non-hydrogen) atoms. The highest BCUT2D eigenvalue weighted by atomic mass is 35.5. The number of urea groups is 1. The molecule has 0 atom stereocenters. The molecule has 7 heteroatoms. The topological polar surface area (TPSA) is 61.9 Å². The summed E-state index contributed by atoms with van der Waals surface area (Å²) in [4.78, 5) is 28.6. The third-order valence-electron chi connectivity index (χ3n) is 4.82. The molecule has 2 saturated heterocycles. The quantitative estimate of drug-likeness (QED) is 0.876. The number of morpholine rings is 1. The van der Waals surface area contributed by atoms with Crippen molar-refractivity contribution in [2.45, 2.75) is 19.8 Å². The Morgan fingerprint density at radius 1 is 1.12 bits per heavy atom. The molecule has 1 aromatic rings. The van der Waals surface area contributed by atoms with E-state index in [2.05, 4.69) is 5.32 Å². The predicted molar refractivity (Wildman–Crippen MR) is 96.9 cm³/mol. The molecule has 1 aromatic carbocycles. The van der Waals surface area contributed by atoms with Gasteiger partial charge in [-0.05, 0) is 37.5 Å². The maximum Gasteiger partial charge on any atom is 0.321 e. The molecule has 2 heterocycles. The van der Waals surface area contributed by atoms with E-state index in [4.69, 9.17) is 16.3 Å². The molecule has 3 amide bonds. The van der Waals surface area contributed by atoms with Crippen molar-refractivity contribution in [2.24, 2.45) is 5.92 Å². The highest BCUT2D eigenvalue weighted by Gasteiger charge is 2.31. The van der Waals surface area contributed by atoms with Crippen LogP contribution in [0.25, 0.3) is 0 Å². The molecule has 2 aliphatic rings. The minimum absolute atomic E-state index is 0.00473. The van der Waals surface area contributed by atoms with Crippen LogP contribution in [-0.4, -0.2) is 61.1 Å². The molecule has 0 unspecified atom stereocenters. The van der Waals surface area contributed by atoms with E-state index in [1.54, 1.807) is 4.90 Å². The number of benzene rings is 1. The van der Waals surface area contributed by atoms with Crippen molar-refractivity contribution in [3.63, 3.8) is 0 Å². The van der Waals surface area contributed by atoms with E-state index in [0.29, 0.717) is 62.9 Å². The maximum atomic E-state index is 12.5. The second-order valence-corrected chi connectivity index (χ2v) is 7.02. The summed E-state index contributed by atoms with van der Waals surface area (Å²) < 4.78 is 5.29. The number of nitrogens with one attached hydrogen (secondary N) is 1. The van der Waals surface area contributed by atoms with Gasteiger partial charge in [-0.2, -0.15) is 0 Å². The number of carbonyl (C=O) groups excluding carboxylic acids is 2. The number of likely N-dealkylation sites (tertiary alicyclic amines) is 1. The zero-order valence-electron chi connectivity index (χ0n) is 14.5. The molecule has 0 aliphatic carbocycles. The van der Waals surface area contributed by atoms with Gasteiger partial charge in [0.25, 0.3) is 0 Å². The summed E-state index contributed by atoms with van der Waals surface area (Å²) in [5.74, 6) is 0.204. The number of carbonyl (C=O) groups is 2. The lowest BCUT2D eigenvalue weighted by molar-refractivity contribution is -0.140.